The topological polar surface area (TPSA) is 110 Å². The van der Waals surface area contributed by atoms with Crippen LogP contribution in [0.1, 0.15) is 71.9 Å². The van der Waals surface area contributed by atoms with Gasteiger partial charge in [-0.2, -0.15) is 5.10 Å². The van der Waals surface area contributed by atoms with Gasteiger partial charge >= 0.3 is 0 Å². The van der Waals surface area contributed by atoms with Crippen LogP contribution in [0, 0.1) is 0 Å². The van der Waals surface area contributed by atoms with E-state index < -0.39 is 23.9 Å². The monoisotopic (exact) mass is 476 g/mol. The van der Waals surface area contributed by atoms with Gasteiger partial charge in [0.25, 0.3) is 0 Å². The van der Waals surface area contributed by atoms with Gasteiger partial charge in [-0.05, 0) is 38.3 Å². The van der Waals surface area contributed by atoms with Gasteiger partial charge in [0.05, 0.1) is 12.3 Å². The number of aromatic nitrogens is 3. The van der Waals surface area contributed by atoms with E-state index in [1.54, 1.807) is 10.6 Å². The Balaban J connectivity index is 2.05. The van der Waals surface area contributed by atoms with E-state index in [4.69, 9.17) is 24.7 Å². The van der Waals surface area contributed by atoms with E-state index >= 15 is 0 Å². The normalized spacial score (nSPS) is 24.8. The first-order valence-corrected chi connectivity index (χ1v) is 12.6. The molecule has 9 nitrogen and oxygen atoms in total. The van der Waals surface area contributed by atoms with Crippen molar-refractivity contribution >= 4 is 17.1 Å². The third-order valence-electron chi connectivity index (χ3n) is 6.32. The molecule has 0 bridgehead atoms. The maximum atomic E-state index is 13.4. The molecule has 0 spiro atoms. The third kappa shape index (κ3) is 5.43. The molecule has 0 saturated carbocycles. The molecule has 1 fully saturated rings. The number of rotatable bonds is 15. The standard InChI is InChI=1S/C25H40N4O5/c1-5-8-13-31-16-20-22(32-14-9-6-2)23(33-15-10-7-3)25(34-20,18(4)30)21-12-11-19-24(26)27-17-28-29(19)21/h11-12,17,20,22-23H,5-10,13-16H2,1-4H3,(H2,26,27,28)/t20-,22-,23-,25+/m1/s1. The molecule has 1 aliphatic heterocycles. The number of hydrogen-bond donors (Lipinski definition) is 1. The van der Waals surface area contributed by atoms with Gasteiger partial charge in [0.2, 0.25) is 0 Å². The lowest BCUT2D eigenvalue weighted by molar-refractivity contribution is -0.160. The highest BCUT2D eigenvalue weighted by Crippen LogP contribution is 2.44. The second-order valence-corrected chi connectivity index (χ2v) is 8.87. The Morgan fingerprint density at radius 1 is 1.09 bits per heavy atom. The first-order chi connectivity index (χ1) is 16.5. The van der Waals surface area contributed by atoms with Gasteiger partial charge in [0, 0.05) is 19.8 Å². The molecule has 9 heteroatoms. The molecule has 2 aromatic rings. The molecule has 0 aliphatic carbocycles. The highest BCUT2D eigenvalue weighted by Gasteiger charge is 2.61. The fourth-order valence-corrected chi connectivity index (χ4v) is 4.40. The Labute approximate surface area is 202 Å². The van der Waals surface area contributed by atoms with Crippen LogP contribution in [0.25, 0.3) is 5.52 Å². The second kappa shape index (κ2) is 12.6. The fourth-order valence-electron chi connectivity index (χ4n) is 4.40. The van der Waals surface area contributed by atoms with Crippen molar-refractivity contribution in [1.82, 2.24) is 14.6 Å². The number of anilines is 1. The van der Waals surface area contributed by atoms with Crippen molar-refractivity contribution in [3.8, 4) is 0 Å². The molecular formula is C25H40N4O5. The molecule has 34 heavy (non-hydrogen) atoms. The number of nitrogens with zero attached hydrogens (tertiary/aromatic N) is 3. The Hall–Kier alpha value is -2.07. The molecule has 0 radical (unpaired) electrons. The molecule has 4 atom stereocenters. The van der Waals surface area contributed by atoms with Gasteiger partial charge < -0.3 is 24.7 Å². The van der Waals surface area contributed by atoms with Crippen molar-refractivity contribution in [2.45, 2.75) is 90.1 Å². The van der Waals surface area contributed by atoms with E-state index in [0.29, 0.717) is 43.5 Å². The van der Waals surface area contributed by atoms with Crippen LogP contribution in [0.4, 0.5) is 5.82 Å². The van der Waals surface area contributed by atoms with Crippen LogP contribution in [0.2, 0.25) is 0 Å². The van der Waals surface area contributed by atoms with Crippen LogP contribution < -0.4 is 5.73 Å². The first kappa shape index (κ1) is 26.5. The lowest BCUT2D eigenvalue weighted by atomic mass is 9.87. The minimum absolute atomic E-state index is 0.175. The molecule has 1 saturated heterocycles. The summed E-state index contributed by atoms with van der Waals surface area (Å²) < 4.78 is 26.9. The first-order valence-electron chi connectivity index (χ1n) is 12.6. The van der Waals surface area contributed by atoms with Crippen LogP contribution in [0.15, 0.2) is 18.5 Å². The average molecular weight is 477 g/mol. The lowest BCUT2D eigenvalue weighted by Crippen LogP contribution is -2.49. The zero-order valence-corrected chi connectivity index (χ0v) is 21.0. The van der Waals surface area contributed by atoms with Crippen molar-refractivity contribution in [2.75, 3.05) is 32.2 Å². The van der Waals surface area contributed by atoms with Crippen molar-refractivity contribution < 1.29 is 23.7 Å². The summed E-state index contributed by atoms with van der Waals surface area (Å²) >= 11 is 0. The number of ether oxygens (including phenoxy) is 4. The van der Waals surface area contributed by atoms with Crippen molar-refractivity contribution in [2.24, 2.45) is 0 Å². The van der Waals surface area contributed by atoms with Crippen LogP contribution >= 0.6 is 0 Å². The number of ketones is 1. The number of carbonyl (C=O) groups excluding carboxylic acids is 1. The predicted molar refractivity (Wildman–Crippen MR) is 130 cm³/mol. The summed E-state index contributed by atoms with van der Waals surface area (Å²) in [5, 5.41) is 4.38. The smallest absolute Gasteiger partial charge is 0.197 e. The van der Waals surface area contributed by atoms with Gasteiger partial charge in [0.1, 0.15) is 30.2 Å². The number of Topliss-reactive ketones (excluding diaryl/α,β-unsaturated/α-hetero) is 1. The maximum Gasteiger partial charge on any atom is 0.197 e. The number of fused-ring (bicyclic) bond motifs is 1. The lowest BCUT2D eigenvalue weighted by Gasteiger charge is -2.33. The highest BCUT2D eigenvalue weighted by atomic mass is 16.6. The summed E-state index contributed by atoms with van der Waals surface area (Å²) in [5.74, 6) is 0.155. The van der Waals surface area contributed by atoms with Gasteiger partial charge in [-0.1, -0.05) is 40.0 Å². The van der Waals surface area contributed by atoms with Crippen molar-refractivity contribution in [3.63, 3.8) is 0 Å². The highest BCUT2D eigenvalue weighted by molar-refractivity contribution is 5.88. The second-order valence-electron chi connectivity index (χ2n) is 8.87. The SMILES string of the molecule is CCCCOC[C@H]1O[C@@](C(C)=O)(c2ccc3c(N)ncnn23)[C@H](OCCCC)[C@@H]1OCCCC. The van der Waals surface area contributed by atoms with Gasteiger partial charge in [-0.15, -0.1) is 0 Å². The zero-order chi connectivity index (χ0) is 24.6. The molecule has 1 aliphatic rings. The Morgan fingerprint density at radius 3 is 2.44 bits per heavy atom. The molecule has 3 rings (SSSR count). The van der Waals surface area contributed by atoms with Gasteiger partial charge in [-0.25, -0.2) is 9.50 Å². The van der Waals surface area contributed by atoms with E-state index in [-0.39, 0.29) is 5.78 Å². The van der Waals surface area contributed by atoms with E-state index in [9.17, 15) is 4.79 Å². The summed E-state index contributed by atoms with van der Waals surface area (Å²) in [7, 11) is 0. The number of nitrogens with two attached hydrogens (primary N) is 1. The maximum absolute atomic E-state index is 13.4. The zero-order valence-electron chi connectivity index (χ0n) is 21.0. The van der Waals surface area contributed by atoms with Gasteiger partial charge in [0.15, 0.2) is 17.2 Å². The molecule has 3 heterocycles. The van der Waals surface area contributed by atoms with Crippen LogP contribution in [0.5, 0.6) is 0 Å². The number of carbonyl (C=O) groups is 1. The largest absolute Gasteiger partial charge is 0.382 e. The van der Waals surface area contributed by atoms with Crippen LogP contribution in [-0.2, 0) is 29.3 Å². The summed E-state index contributed by atoms with van der Waals surface area (Å²) in [6.07, 6.45) is 5.56. The Bertz CT molecular complexity index is 920. The summed E-state index contributed by atoms with van der Waals surface area (Å²) in [4.78, 5) is 17.5. The van der Waals surface area contributed by atoms with Crippen LogP contribution in [-0.4, -0.2) is 65.1 Å². The number of unbranched alkanes of at least 4 members (excludes halogenated alkanes) is 3. The number of hydrogen-bond acceptors (Lipinski definition) is 8. The minimum atomic E-state index is -1.41. The van der Waals surface area contributed by atoms with Gasteiger partial charge in [-0.3, -0.25) is 4.79 Å². The molecule has 0 amide bonds. The molecule has 0 aromatic carbocycles. The van der Waals surface area contributed by atoms with Crippen molar-refractivity contribution in [3.05, 3.63) is 24.2 Å². The Morgan fingerprint density at radius 2 is 1.76 bits per heavy atom. The molecule has 190 valence electrons. The van der Waals surface area contributed by atoms with E-state index in [2.05, 4.69) is 30.9 Å². The van der Waals surface area contributed by atoms with E-state index in [1.165, 1.54) is 13.3 Å². The summed E-state index contributed by atoms with van der Waals surface area (Å²) in [6.45, 7) is 9.88. The van der Waals surface area contributed by atoms with E-state index in [0.717, 1.165) is 38.5 Å². The minimum Gasteiger partial charge on any atom is -0.382 e. The average Bonchev–Trinajstić information content (AvgIpc) is 3.38. The number of nitrogen functional groups attached to an aromatic ring is 1. The molecule has 2 aromatic heterocycles. The Kier molecular flexibility index (Phi) is 9.82. The van der Waals surface area contributed by atoms with Crippen molar-refractivity contribution in [1.29, 1.82) is 0 Å². The quantitative estimate of drug-likeness (QED) is 0.388. The summed E-state index contributed by atoms with van der Waals surface area (Å²) in [6, 6.07) is 3.63. The third-order valence-corrected chi connectivity index (χ3v) is 6.32. The molecule has 0 unspecified atom stereocenters. The van der Waals surface area contributed by atoms with E-state index in [1.807, 2.05) is 6.07 Å². The van der Waals surface area contributed by atoms with Crippen LogP contribution in [0.3, 0.4) is 0 Å². The fraction of sp³-hybridized carbons (Fsp3) is 0.720. The summed E-state index contributed by atoms with van der Waals surface area (Å²) in [5.41, 5.74) is 5.84. The molecule has 2 N–H and O–H groups in total. The predicted octanol–water partition coefficient (Wildman–Crippen LogP) is 3.68. The molecular weight excluding hydrogens is 436 g/mol.